The Morgan fingerprint density at radius 2 is 0.833 bits per heavy atom. The van der Waals surface area contributed by atoms with Gasteiger partial charge in [-0.2, -0.15) is 0 Å². The fourth-order valence-corrected chi connectivity index (χ4v) is 0. The fourth-order valence-electron chi connectivity index (χ4n) is 0. The van der Waals surface area contributed by atoms with Gasteiger partial charge in [0.15, 0.2) is 0 Å². The summed E-state index contributed by atoms with van der Waals surface area (Å²) in [5.74, 6) is 0. The molecule has 0 rings (SSSR count). The van der Waals surface area contributed by atoms with Crippen molar-refractivity contribution >= 4 is 36.3 Å². The third-order valence-corrected chi connectivity index (χ3v) is 0. The van der Waals surface area contributed by atoms with E-state index >= 15 is 0 Å². The van der Waals surface area contributed by atoms with Crippen LogP contribution in [0.5, 0.6) is 0 Å². The molecule has 0 aliphatic carbocycles. The molecule has 0 fully saturated rings. The smallest absolute Gasteiger partial charge is 0.894 e. The number of hydrogen-bond acceptors (Lipinski definition) is 4. The molecule has 0 N–H and O–H groups in total. The summed E-state index contributed by atoms with van der Waals surface area (Å²) in [7, 11) is -5.61. The molecule has 0 heterocycles. The van der Waals surface area contributed by atoms with Crippen molar-refractivity contribution < 1.29 is 19.2 Å². The number of rotatable bonds is 0. The molecule has 2 radical (unpaired) electrons. The van der Waals surface area contributed by atoms with Crippen molar-refractivity contribution in [3.8, 4) is 0 Å². The first-order chi connectivity index (χ1) is 2.00. The maximum atomic E-state index is 8.58. The average molecular weight is 299 g/mol. The van der Waals surface area contributed by atoms with Crippen LogP contribution in [0.1, 0.15) is 0 Å². The van der Waals surface area contributed by atoms with Gasteiger partial charge in [0.05, 0.1) is 0 Å². The minimum absolute atomic E-state index is 0. The Balaban J connectivity index is 0. The molecule has 0 aromatic carbocycles. The van der Waals surface area contributed by atoms with E-state index in [2.05, 4.69) is 0 Å². The van der Waals surface area contributed by atoms with E-state index in [0.29, 0.717) is 0 Å². The Morgan fingerprint density at radius 1 is 0.833 bits per heavy atom. The summed E-state index contributed by atoms with van der Waals surface area (Å²) in [6.07, 6.45) is 0. The van der Waals surface area contributed by atoms with Crippen molar-refractivity contribution in [2.24, 2.45) is 0 Å². The van der Waals surface area contributed by atoms with Crippen molar-refractivity contribution in [1.29, 1.82) is 0 Å². The summed E-state index contributed by atoms with van der Waals surface area (Å²) < 4.78 is 0. The second-order valence-electron chi connectivity index (χ2n) is 0.500. The van der Waals surface area contributed by atoms with Crippen molar-refractivity contribution in [1.82, 2.24) is 0 Å². The van der Waals surface area contributed by atoms with Crippen molar-refractivity contribution in [3.05, 3.63) is 0 Å². The Bertz CT molecular complexity index is 23.0. The van der Waals surface area contributed by atoms with E-state index in [9.17, 15) is 0 Å². The molecule has 0 aliphatic heterocycles. The summed E-state index contributed by atoms with van der Waals surface area (Å²) in [6.45, 7) is 0. The quantitative estimate of drug-likeness (QED) is 0.417. The molecule has 0 aromatic rings. The number of hydrogen-bond donors (Lipinski definition) is 0. The minimum atomic E-state index is -5.61. The average Bonchev–Trinajstić information content (AvgIpc) is 0.722. The molecule has 0 bridgehead atoms. The summed E-state index contributed by atoms with van der Waals surface area (Å²) in [4.78, 5) is 34.3. The monoisotopic (exact) mass is 300 g/mol. The van der Waals surface area contributed by atoms with Crippen molar-refractivity contribution in [2.45, 2.75) is 0 Å². The Hall–Kier alpha value is 0.979. The topological polar surface area (TPSA) is 92.2 Å². The van der Waals surface area contributed by atoms with E-state index in [0.717, 1.165) is 0 Å². The zero-order chi connectivity index (χ0) is 4.50. The molecule has 0 spiro atoms. The molecule has 0 saturated heterocycles. The van der Waals surface area contributed by atoms with Crippen LogP contribution in [-0.4, -0.2) is 36.3 Å². The zero-order valence-corrected chi connectivity index (χ0v) is 7.52. The van der Waals surface area contributed by atoms with Gasteiger partial charge in [0, 0.05) is 0 Å². The van der Waals surface area contributed by atoms with E-state index in [-0.39, 0.29) is 27.3 Å². The standard InChI is InChI=1S/O4Si.Pb/c1-5(2,3)4;/q-4;+2. The van der Waals surface area contributed by atoms with Gasteiger partial charge in [0.2, 0.25) is 0 Å². The van der Waals surface area contributed by atoms with E-state index in [1.165, 1.54) is 0 Å². The summed E-state index contributed by atoms with van der Waals surface area (Å²) in [6, 6.07) is 0. The van der Waals surface area contributed by atoms with Gasteiger partial charge in [0.1, 0.15) is 0 Å². The van der Waals surface area contributed by atoms with Crippen LogP contribution in [0.4, 0.5) is 0 Å². The van der Waals surface area contributed by atoms with Crippen LogP contribution in [0.2, 0.25) is 0 Å². The van der Waals surface area contributed by atoms with Gasteiger partial charge in [-0.3, -0.25) is 0 Å². The molecule has 0 amide bonds. The van der Waals surface area contributed by atoms with Crippen LogP contribution in [-0.2, 0) is 0 Å². The molecule has 6 heavy (non-hydrogen) atoms. The van der Waals surface area contributed by atoms with Crippen molar-refractivity contribution in [3.63, 3.8) is 0 Å². The predicted molar refractivity (Wildman–Crippen MR) is 11.5 cm³/mol. The molecule has 6 heteroatoms. The molecule has 0 aliphatic rings. The Labute approximate surface area is 55.7 Å². The molecule has 0 unspecified atom stereocenters. The van der Waals surface area contributed by atoms with Crippen LogP contribution in [0.25, 0.3) is 0 Å². The van der Waals surface area contributed by atoms with Gasteiger partial charge in [-0.25, -0.2) is 0 Å². The first kappa shape index (κ1) is 10.1. The van der Waals surface area contributed by atoms with Gasteiger partial charge in [-0.05, 0) is 0 Å². The fraction of sp³-hybridized carbons (Fsp3) is 0. The summed E-state index contributed by atoms with van der Waals surface area (Å²) in [5.41, 5.74) is 0. The van der Waals surface area contributed by atoms with Crippen LogP contribution < -0.4 is 19.2 Å². The summed E-state index contributed by atoms with van der Waals surface area (Å²) in [5, 5.41) is 0. The molecule has 4 nitrogen and oxygen atoms in total. The van der Waals surface area contributed by atoms with Gasteiger partial charge >= 0.3 is 27.3 Å². The van der Waals surface area contributed by atoms with Gasteiger partial charge in [-0.15, -0.1) is 0 Å². The summed E-state index contributed by atoms with van der Waals surface area (Å²) >= 11 is 0. The van der Waals surface area contributed by atoms with E-state index < -0.39 is 9.05 Å². The van der Waals surface area contributed by atoms with Crippen LogP contribution in [0, 0.1) is 0 Å². The van der Waals surface area contributed by atoms with Crippen LogP contribution >= 0.6 is 0 Å². The first-order valence-electron chi connectivity index (χ1n) is 0.816. The van der Waals surface area contributed by atoms with E-state index in [4.69, 9.17) is 19.2 Å². The SMILES string of the molecule is [O-][Si]([O-])([O-])[O-].[Pb+2]. The molecule has 0 saturated carbocycles. The van der Waals surface area contributed by atoms with Crippen LogP contribution in [0.3, 0.4) is 0 Å². The van der Waals surface area contributed by atoms with E-state index in [1.807, 2.05) is 0 Å². The predicted octanol–water partition coefficient (Wildman–Crippen LogP) is -5.52. The normalized spacial score (nSPS) is 10.0. The van der Waals surface area contributed by atoms with Crippen LogP contribution in [0.15, 0.2) is 0 Å². The zero-order valence-electron chi connectivity index (χ0n) is 2.63. The third-order valence-electron chi connectivity index (χ3n) is 0. The first-order valence-corrected chi connectivity index (χ1v) is 2.45. The second kappa shape index (κ2) is 3.04. The molecular weight excluding hydrogens is 299 g/mol. The van der Waals surface area contributed by atoms with Gasteiger partial charge in [-0.1, -0.05) is 0 Å². The largest absolute Gasteiger partial charge is 2.00 e. The molecule has 34 valence electrons. The second-order valence-corrected chi connectivity index (χ2v) is 1.50. The van der Waals surface area contributed by atoms with E-state index in [1.54, 1.807) is 0 Å². The van der Waals surface area contributed by atoms with Gasteiger partial charge < -0.3 is 28.2 Å². The minimum Gasteiger partial charge on any atom is -0.894 e. The maximum Gasteiger partial charge on any atom is 2.00 e. The van der Waals surface area contributed by atoms with Gasteiger partial charge in [0.25, 0.3) is 0 Å². The molecule has 0 aromatic heterocycles. The Kier molecular flexibility index (Phi) is 5.10. The Morgan fingerprint density at radius 3 is 0.833 bits per heavy atom. The third kappa shape index (κ3) is 82.3. The van der Waals surface area contributed by atoms with Crippen molar-refractivity contribution in [2.75, 3.05) is 0 Å². The maximum absolute atomic E-state index is 8.58. The molecule has 0 atom stereocenters. The molecular formula is O4PbSi-2.